The number of nitrogens with one attached hydrogen (secondary N) is 2. The normalized spacial score (nSPS) is 14.7. The minimum absolute atomic E-state index is 0.0447. The number of benzene rings is 2. The number of aliphatic hydroxyl groups is 1. The summed E-state index contributed by atoms with van der Waals surface area (Å²) in [6, 6.07) is 3.38. The highest BCUT2D eigenvalue weighted by Gasteiger charge is 2.55. The topological polar surface area (TPSA) is 61.4 Å². The summed E-state index contributed by atoms with van der Waals surface area (Å²) in [5.74, 6) is -1.63. The maximum Gasteiger partial charge on any atom is 0.423 e. The zero-order chi connectivity index (χ0) is 28.4. The summed E-state index contributed by atoms with van der Waals surface area (Å²) >= 11 is 0. The quantitative estimate of drug-likeness (QED) is 0.359. The zero-order valence-electron chi connectivity index (χ0n) is 18.1. The van der Waals surface area contributed by atoms with Gasteiger partial charge < -0.3 is 15.7 Å². The third-order valence-electron chi connectivity index (χ3n) is 4.94. The average Bonchev–Trinajstić information content (AvgIpc) is 2.73. The Kier molecular flexibility index (Phi) is 8.37. The average molecular weight is 556 g/mol. The number of rotatable bonds is 7. The van der Waals surface area contributed by atoms with Gasteiger partial charge in [-0.05, 0) is 35.4 Å². The molecule has 0 aliphatic carbocycles. The third-order valence-corrected chi connectivity index (χ3v) is 4.94. The van der Waals surface area contributed by atoms with Gasteiger partial charge in [0.1, 0.15) is 6.42 Å². The van der Waals surface area contributed by atoms with Gasteiger partial charge in [0.15, 0.2) is 0 Å². The first-order chi connectivity index (χ1) is 16.6. The molecule has 0 aliphatic rings. The summed E-state index contributed by atoms with van der Waals surface area (Å²) in [5, 5.41) is 13.8. The summed E-state index contributed by atoms with van der Waals surface area (Å²) in [4.78, 5) is 11.3. The van der Waals surface area contributed by atoms with Crippen molar-refractivity contribution in [2.24, 2.45) is 0 Å². The van der Waals surface area contributed by atoms with Gasteiger partial charge in [0, 0.05) is 12.2 Å². The Morgan fingerprint density at radius 1 is 0.784 bits per heavy atom. The van der Waals surface area contributed by atoms with Crippen LogP contribution in [0.2, 0.25) is 0 Å². The molecule has 2 aromatic rings. The van der Waals surface area contributed by atoms with Crippen LogP contribution in [0.1, 0.15) is 28.7 Å². The predicted octanol–water partition coefficient (Wildman–Crippen LogP) is 6.15. The maximum absolute atomic E-state index is 13.7. The van der Waals surface area contributed by atoms with Gasteiger partial charge >= 0.3 is 24.7 Å². The number of carbonyl (C=O) groups is 1. The van der Waals surface area contributed by atoms with Crippen LogP contribution in [0.3, 0.4) is 0 Å². The molecule has 0 aliphatic heterocycles. The molecular formula is C21H16F12N2O2. The fourth-order valence-corrected chi connectivity index (χ4v) is 3.09. The molecule has 0 radical (unpaired) electrons. The van der Waals surface area contributed by atoms with Crippen molar-refractivity contribution in [1.82, 2.24) is 5.32 Å². The van der Waals surface area contributed by atoms with Crippen LogP contribution >= 0.6 is 0 Å². The van der Waals surface area contributed by atoms with E-state index in [-0.39, 0.29) is 12.1 Å². The van der Waals surface area contributed by atoms with E-state index in [1.54, 1.807) is 5.32 Å². The lowest BCUT2D eigenvalue weighted by atomic mass is 9.91. The van der Waals surface area contributed by atoms with Crippen LogP contribution in [-0.2, 0) is 29.3 Å². The van der Waals surface area contributed by atoms with Crippen molar-refractivity contribution in [3.8, 4) is 0 Å². The molecule has 1 amide bonds. The van der Waals surface area contributed by atoms with Crippen molar-refractivity contribution in [3.63, 3.8) is 0 Å². The van der Waals surface area contributed by atoms with Crippen molar-refractivity contribution in [2.45, 2.75) is 43.3 Å². The van der Waals surface area contributed by atoms with Crippen molar-refractivity contribution in [1.29, 1.82) is 0 Å². The van der Waals surface area contributed by atoms with E-state index in [0.717, 1.165) is 6.07 Å². The van der Waals surface area contributed by atoms with Gasteiger partial charge in [-0.25, -0.2) is 0 Å². The molecule has 2 aromatic carbocycles. The molecule has 4 nitrogen and oxygen atoms in total. The Bertz CT molecular complexity index is 1110. The van der Waals surface area contributed by atoms with E-state index >= 15 is 0 Å². The third kappa shape index (κ3) is 7.90. The van der Waals surface area contributed by atoms with Crippen LogP contribution in [0, 0.1) is 0 Å². The van der Waals surface area contributed by atoms with E-state index in [2.05, 4.69) is 0 Å². The SMILES string of the molecule is O=C(CC(F)(F)F)NCc1ccc(NC[C@@](O)(c2cccc(C(F)(F)F)c2)C(F)(F)F)cc1C(F)(F)F. The van der Waals surface area contributed by atoms with E-state index < -0.39 is 83.7 Å². The second kappa shape index (κ2) is 10.3. The van der Waals surface area contributed by atoms with E-state index in [0.29, 0.717) is 24.3 Å². The number of amides is 1. The molecule has 0 heterocycles. The molecule has 2 rings (SSSR count). The molecule has 0 aromatic heterocycles. The second-order valence-electron chi connectivity index (χ2n) is 7.73. The minimum Gasteiger partial charge on any atom is -0.381 e. The highest BCUT2D eigenvalue weighted by Crippen LogP contribution is 2.41. The zero-order valence-corrected chi connectivity index (χ0v) is 18.1. The van der Waals surface area contributed by atoms with E-state index in [1.165, 1.54) is 0 Å². The van der Waals surface area contributed by atoms with Gasteiger partial charge in [-0.3, -0.25) is 4.79 Å². The van der Waals surface area contributed by atoms with Gasteiger partial charge in [0.25, 0.3) is 0 Å². The van der Waals surface area contributed by atoms with Gasteiger partial charge in [0.05, 0.1) is 17.7 Å². The number of hydrogen-bond acceptors (Lipinski definition) is 3. The van der Waals surface area contributed by atoms with Gasteiger partial charge in [-0.2, -0.15) is 52.7 Å². The van der Waals surface area contributed by atoms with Crippen molar-refractivity contribution < 1.29 is 62.6 Å². The molecule has 3 N–H and O–H groups in total. The number of halogens is 12. The molecule has 0 saturated carbocycles. The number of alkyl halides is 12. The molecule has 1 atom stereocenters. The van der Waals surface area contributed by atoms with Crippen molar-refractivity contribution >= 4 is 11.6 Å². The second-order valence-corrected chi connectivity index (χ2v) is 7.73. The molecular weight excluding hydrogens is 540 g/mol. The van der Waals surface area contributed by atoms with Gasteiger partial charge in [-0.15, -0.1) is 0 Å². The Labute approximate surface area is 200 Å². The van der Waals surface area contributed by atoms with Gasteiger partial charge in [-0.1, -0.05) is 18.2 Å². The fourth-order valence-electron chi connectivity index (χ4n) is 3.09. The van der Waals surface area contributed by atoms with Crippen molar-refractivity contribution in [3.05, 3.63) is 64.7 Å². The van der Waals surface area contributed by atoms with Crippen LogP contribution in [0.4, 0.5) is 58.4 Å². The fraction of sp³-hybridized carbons (Fsp3) is 0.381. The number of carbonyl (C=O) groups excluding carboxylic acids is 1. The first-order valence-electron chi connectivity index (χ1n) is 9.88. The summed E-state index contributed by atoms with van der Waals surface area (Å²) in [7, 11) is 0. The van der Waals surface area contributed by atoms with Crippen LogP contribution in [0.5, 0.6) is 0 Å². The summed E-state index contributed by atoms with van der Waals surface area (Å²) < 4.78 is 157. The minimum atomic E-state index is -5.57. The predicted molar refractivity (Wildman–Crippen MR) is 104 cm³/mol. The summed E-state index contributed by atoms with van der Waals surface area (Å²) in [6.07, 6.45) is -22.7. The number of hydrogen-bond donors (Lipinski definition) is 3. The lowest BCUT2D eigenvalue weighted by Gasteiger charge is -2.32. The molecule has 0 spiro atoms. The molecule has 37 heavy (non-hydrogen) atoms. The molecule has 0 bridgehead atoms. The highest BCUT2D eigenvalue weighted by atomic mass is 19.4. The Morgan fingerprint density at radius 2 is 1.38 bits per heavy atom. The van der Waals surface area contributed by atoms with Crippen LogP contribution < -0.4 is 10.6 Å². The summed E-state index contributed by atoms with van der Waals surface area (Å²) in [6.45, 7) is -2.60. The smallest absolute Gasteiger partial charge is 0.381 e. The maximum atomic E-state index is 13.7. The Morgan fingerprint density at radius 3 is 1.89 bits per heavy atom. The van der Waals surface area contributed by atoms with Crippen LogP contribution in [0.25, 0.3) is 0 Å². The Balaban J connectivity index is 2.34. The first kappa shape index (κ1) is 30.1. The lowest BCUT2D eigenvalue weighted by molar-refractivity contribution is -0.260. The monoisotopic (exact) mass is 556 g/mol. The molecule has 0 fully saturated rings. The largest absolute Gasteiger partial charge is 0.423 e. The molecule has 0 saturated heterocycles. The molecule has 16 heteroatoms. The van der Waals surface area contributed by atoms with Gasteiger partial charge in [0.2, 0.25) is 11.5 Å². The Hall–Kier alpha value is -3.17. The lowest BCUT2D eigenvalue weighted by Crippen LogP contribution is -2.48. The van der Waals surface area contributed by atoms with E-state index in [9.17, 15) is 62.6 Å². The number of anilines is 1. The highest BCUT2D eigenvalue weighted by molar-refractivity contribution is 5.76. The molecule has 0 unspecified atom stereocenters. The first-order valence-corrected chi connectivity index (χ1v) is 9.88. The van der Waals surface area contributed by atoms with Crippen LogP contribution in [-0.4, -0.2) is 29.9 Å². The van der Waals surface area contributed by atoms with E-state index in [1.807, 2.05) is 5.32 Å². The van der Waals surface area contributed by atoms with Crippen LogP contribution in [0.15, 0.2) is 42.5 Å². The standard InChI is InChI=1S/C21H16F12N2O2/c22-18(23,24)8-16(36)34-9-11-4-5-14(7-15(11)20(28,29)30)35-10-17(37,21(31,32)33)12-2-1-3-13(6-12)19(25,26)27/h1-7,35,37H,8-10H2,(H,34,36)/t17-/m1/s1. The van der Waals surface area contributed by atoms with Crippen molar-refractivity contribution in [2.75, 3.05) is 11.9 Å². The van der Waals surface area contributed by atoms with E-state index in [4.69, 9.17) is 0 Å². The summed E-state index contributed by atoms with van der Waals surface area (Å²) in [5.41, 5.74) is -9.62. The molecule has 206 valence electrons.